The standard InChI is InChI=1S/C11H16F3N5O/c1-4-19(3)9(20)6-16-8-5-7(15-2)17-10(18-8)11(12,13)14/h5H,4,6H2,1-3H3,(H2,15,16,17,18). The van der Waals surface area contributed by atoms with Crippen molar-refractivity contribution in [3.63, 3.8) is 0 Å². The number of carbonyl (C=O) groups excluding carboxylic acids is 1. The minimum Gasteiger partial charge on any atom is -0.373 e. The molecule has 0 aliphatic carbocycles. The number of halogens is 3. The summed E-state index contributed by atoms with van der Waals surface area (Å²) in [4.78, 5) is 19.7. The molecule has 9 heteroatoms. The highest BCUT2D eigenvalue weighted by Gasteiger charge is 2.35. The number of aromatic nitrogens is 2. The number of rotatable bonds is 5. The molecule has 1 amide bonds. The highest BCUT2D eigenvalue weighted by atomic mass is 19.4. The van der Waals surface area contributed by atoms with Crippen LogP contribution in [0.3, 0.4) is 0 Å². The van der Waals surface area contributed by atoms with Crippen molar-refractivity contribution in [3.8, 4) is 0 Å². The Labute approximate surface area is 114 Å². The van der Waals surface area contributed by atoms with E-state index in [1.54, 1.807) is 14.0 Å². The van der Waals surface area contributed by atoms with Crippen molar-refractivity contribution in [1.82, 2.24) is 14.9 Å². The van der Waals surface area contributed by atoms with E-state index in [9.17, 15) is 18.0 Å². The molecule has 1 aromatic heterocycles. The number of nitrogens with zero attached hydrogens (tertiary/aromatic N) is 3. The molecule has 0 unspecified atom stereocenters. The second kappa shape index (κ2) is 6.40. The van der Waals surface area contributed by atoms with Crippen LogP contribution in [0.25, 0.3) is 0 Å². The van der Waals surface area contributed by atoms with Gasteiger partial charge in [-0.15, -0.1) is 0 Å². The van der Waals surface area contributed by atoms with Crippen molar-refractivity contribution in [1.29, 1.82) is 0 Å². The lowest BCUT2D eigenvalue weighted by atomic mass is 10.4. The molecule has 0 saturated carbocycles. The van der Waals surface area contributed by atoms with Crippen LogP contribution in [-0.4, -0.2) is 48.0 Å². The average molecular weight is 291 g/mol. The molecule has 6 nitrogen and oxygen atoms in total. The Hall–Kier alpha value is -2.06. The Morgan fingerprint density at radius 1 is 1.35 bits per heavy atom. The quantitative estimate of drug-likeness (QED) is 0.859. The predicted molar refractivity (Wildman–Crippen MR) is 68.4 cm³/mol. The predicted octanol–water partition coefficient (Wildman–Crippen LogP) is 1.43. The molecule has 2 N–H and O–H groups in total. The van der Waals surface area contributed by atoms with Gasteiger partial charge in [0.05, 0.1) is 6.54 Å². The Morgan fingerprint density at radius 3 is 2.45 bits per heavy atom. The van der Waals surface area contributed by atoms with Gasteiger partial charge in [0.1, 0.15) is 11.6 Å². The number of alkyl halides is 3. The summed E-state index contributed by atoms with van der Waals surface area (Å²) >= 11 is 0. The molecular formula is C11H16F3N5O. The van der Waals surface area contributed by atoms with Crippen LogP contribution in [0.5, 0.6) is 0 Å². The second-order valence-corrected chi connectivity index (χ2v) is 3.97. The maximum atomic E-state index is 12.6. The van der Waals surface area contributed by atoms with Crippen molar-refractivity contribution in [2.75, 3.05) is 37.8 Å². The van der Waals surface area contributed by atoms with Gasteiger partial charge in [0.25, 0.3) is 0 Å². The van der Waals surface area contributed by atoms with Crippen LogP contribution < -0.4 is 10.6 Å². The van der Waals surface area contributed by atoms with Gasteiger partial charge >= 0.3 is 6.18 Å². The zero-order chi connectivity index (χ0) is 15.3. The van der Waals surface area contributed by atoms with Gasteiger partial charge in [0, 0.05) is 26.7 Å². The van der Waals surface area contributed by atoms with Crippen molar-refractivity contribution >= 4 is 17.5 Å². The Morgan fingerprint density at radius 2 is 1.95 bits per heavy atom. The van der Waals surface area contributed by atoms with Crippen LogP contribution >= 0.6 is 0 Å². The molecule has 0 aromatic carbocycles. The van der Waals surface area contributed by atoms with Gasteiger partial charge in [-0.05, 0) is 6.92 Å². The smallest absolute Gasteiger partial charge is 0.373 e. The first-order valence-electron chi connectivity index (χ1n) is 5.89. The van der Waals surface area contributed by atoms with Crippen LogP contribution in [0.15, 0.2) is 6.07 Å². The van der Waals surface area contributed by atoms with Crippen molar-refractivity contribution in [2.24, 2.45) is 0 Å². The third kappa shape index (κ3) is 4.25. The van der Waals surface area contributed by atoms with Gasteiger partial charge in [-0.1, -0.05) is 0 Å². The van der Waals surface area contributed by atoms with Gasteiger partial charge < -0.3 is 15.5 Å². The molecule has 0 aliphatic rings. The molecule has 0 saturated heterocycles. The van der Waals surface area contributed by atoms with Crippen LogP contribution in [0.2, 0.25) is 0 Å². The fraction of sp³-hybridized carbons (Fsp3) is 0.545. The molecule has 1 heterocycles. The Balaban J connectivity index is 2.87. The second-order valence-electron chi connectivity index (χ2n) is 3.97. The molecule has 0 bridgehead atoms. The fourth-order valence-corrected chi connectivity index (χ4v) is 1.27. The average Bonchev–Trinajstić information content (AvgIpc) is 2.42. The fourth-order valence-electron chi connectivity index (χ4n) is 1.27. The van der Waals surface area contributed by atoms with E-state index in [4.69, 9.17) is 0 Å². The number of hydrogen-bond donors (Lipinski definition) is 2. The first kappa shape index (κ1) is 16.0. The molecule has 0 spiro atoms. The first-order valence-corrected chi connectivity index (χ1v) is 5.89. The molecule has 0 atom stereocenters. The third-order valence-electron chi connectivity index (χ3n) is 2.56. The van der Waals surface area contributed by atoms with E-state index in [0.29, 0.717) is 6.54 Å². The summed E-state index contributed by atoms with van der Waals surface area (Å²) < 4.78 is 37.8. The molecule has 0 fully saturated rings. The Kier molecular flexibility index (Phi) is 5.12. The minimum atomic E-state index is -4.65. The monoisotopic (exact) mass is 291 g/mol. The number of amides is 1. The normalized spacial score (nSPS) is 11.1. The van der Waals surface area contributed by atoms with E-state index in [-0.39, 0.29) is 24.1 Å². The summed E-state index contributed by atoms with van der Waals surface area (Å²) in [5, 5.41) is 5.08. The zero-order valence-electron chi connectivity index (χ0n) is 11.4. The molecular weight excluding hydrogens is 275 g/mol. The zero-order valence-corrected chi connectivity index (χ0v) is 11.4. The summed E-state index contributed by atoms with van der Waals surface area (Å²) in [6.07, 6.45) is -4.65. The molecule has 1 aromatic rings. The van der Waals surface area contributed by atoms with Crippen LogP contribution in [0.1, 0.15) is 12.7 Å². The van der Waals surface area contributed by atoms with Crippen molar-refractivity contribution in [3.05, 3.63) is 11.9 Å². The largest absolute Gasteiger partial charge is 0.451 e. The van der Waals surface area contributed by atoms with E-state index in [1.807, 2.05) is 0 Å². The van der Waals surface area contributed by atoms with Crippen LogP contribution in [0, 0.1) is 0 Å². The SMILES string of the molecule is CCN(C)C(=O)CNc1cc(NC)nc(C(F)(F)F)n1. The van der Waals surface area contributed by atoms with E-state index < -0.39 is 12.0 Å². The van der Waals surface area contributed by atoms with Crippen LogP contribution in [-0.2, 0) is 11.0 Å². The summed E-state index contributed by atoms with van der Waals surface area (Å²) in [5.74, 6) is -1.55. The molecule has 0 aliphatic heterocycles. The summed E-state index contributed by atoms with van der Waals surface area (Å²) in [6.45, 7) is 2.17. The highest BCUT2D eigenvalue weighted by Crippen LogP contribution is 2.28. The first-order chi connectivity index (χ1) is 9.27. The van der Waals surface area contributed by atoms with Crippen molar-refractivity contribution < 1.29 is 18.0 Å². The van der Waals surface area contributed by atoms with E-state index in [2.05, 4.69) is 20.6 Å². The Bertz CT molecular complexity index is 478. The lowest BCUT2D eigenvalue weighted by molar-refractivity contribution is -0.144. The highest BCUT2D eigenvalue weighted by molar-refractivity contribution is 5.80. The maximum Gasteiger partial charge on any atom is 0.451 e. The van der Waals surface area contributed by atoms with Gasteiger partial charge in [0.15, 0.2) is 0 Å². The van der Waals surface area contributed by atoms with Crippen LogP contribution in [0.4, 0.5) is 24.8 Å². The summed E-state index contributed by atoms with van der Waals surface area (Å²) in [5.41, 5.74) is 0. The van der Waals surface area contributed by atoms with Gasteiger partial charge in [-0.3, -0.25) is 4.79 Å². The van der Waals surface area contributed by atoms with Gasteiger partial charge in [-0.2, -0.15) is 13.2 Å². The lowest BCUT2D eigenvalue weighted by Crippen LogP contribution is -2.32. The minimum absolute atomic E-state index is 0.0196. The molecule has 0 radical (unpaired) electrons. The van der Waals surface area contributed by atoms with E-state index >= 15 is 0 Å². The molecule has 1 rings (SSSR count). The molecule has 20 heavy (non-hydrogen) atoms. The molecule has 112 valence electrons. The van der Waals surface area contributed by atoms with E-state index in [0.717, 1.165) is 0 Å². The van der Waals surface area contributed by atoms with Gasteiger partial charge in [0.2, 0.25) is 11.7 Å². The lowest BCUT2D eigenvalue weighted by Gasteiger charge is -2.15. The maximum absolute atomic E-state index is 12.6. The number of likely N-dealkylation sites (N-methyl/N-ethyl adjacent to an activating group) is 1. The summed E-state index contributed by atoms with van der Waals surface area (Å²) in [6, 6.07) is 1.30. The summed E-state index contributed by atoms with van der Waals surface area (Å²) in [7, 11) is 3.05. The van der Waals surface area contributed by atoms with E-state index in [1.165, 1.54) is 18.0 Å². The number of nitrogens with one attached hydrogen (secondary N) is 2. The number of carbonyl (C=O) groups is 1. The number of anilines is 2. The third-order valence-corrected chi connectivity index (χ3v) is 2.56. The number of hydrogen-bond acceptors (Lipinski definition) is 5. The van der Waals surface area contributed by atoms with Gasteiger partial charge in [-0.25, -0.2) is 9.97 Å². The topological polar surface area (TPSA) is 70.2 Å². The van der Waals surface area contributed by atoms with Crippen molar-refractivity contribution in [2.45, 2.75) is 13.1 Å².